The van der Waals surface area contributed by atoms with Crippen LogP contribution in [0.15, 0.2) is 36.4 Å². The van der Waals surface area contributed by atoms with E-state index in [9.17, 15) is 18.4 Å². The van der Waals surface area contributed by atoms with Crippen molar-refractivity contribution >= 4 is 22.8 Å². The SMILES string of the molecule is Cc1nc2ccc(C(=O)N3CCN(C(=O)c4ccc(F)cc4F)CC3)cc2nc1C. The van der Waals surface area contributed by atoms with E-state index in [0.717, 1.165) is 29.0 Å². The zero-order chi connectivity index (χ0) is 21.4. The van der Waals surface area contributed by atoms with Gasteiger partial charge in [0, 0.05) is 37.8 Å². The van der Waals surface area contributed by atoms with Crippen molar-refractivity contribution in [2.45, 2.75) is 13.8 Å². The van der Waals surface area contributed by atoms with Gasteiger partial charge in [-0.05, 0) is 44.2 Å². The Bertz CT molecular complexity index is 1160. The van der Waals surface area contributed by atoms with Crippen LogP contribution in [-0.2, 0) is 0 Å². The van der Waals surface area contributed by atoms with Crippen molar-refractivity contribution in [1.29, 1.82) is 0 Å². The fourth-order valence-electron chi connectivity index (χ4n) is 3.49. The van der Waals surface area contributed by atoms with Gasteiger partial charge < -0.3 is 9.80 Å². The summed E-state index contributed by atoms with van der Waals surface area (Å²) in [6, 6.07) is 8.12. The number of hydrogen-bond donors (Lipinski definition) is 0. The van der Waals surface area contributed by atoms with Crippen LogP contribution in [0.3, 0.4) is 0 Å². The van der Waals surface area contributed by atoms with Gasteiger partial charge >= 0.3 is 0 Å². The number of fused-ring (bicyclic) bond motifs is 1. The summed E-state index contributed by atoms with van der Waals surface area (Å²) in [7, 11) is 0. The van der Waals surface area contributed by atoms with Gasteiger partial charge in [0.2, 0.25) is 0 Å². The van der Waals surface area contributed by atoms with E-state index in [4.69, 9.17) is 0 Å². The van der Waals surface area contributed by atoms with Gasteiger partial charge in [0.25, 0.3) is 11.8 Å². The highest BCUT2D eigenvalue weighted by Crippen LogP contribution is 2.18. The van der Waals surface area contributed by atoms with Gasteiger partial charge in [-0.25, -0.2) is 18.7 Å². The highest BCUT2D eigenvalue weighted by atomic mass is 19.1. The third-order valence-electron chi connectivity index (χ3n) is 5.34. The molecule has 3 aromatic rings. The molecule has 154 valence electrons. The van der Waals surface area contributed by atoms with E-state index in [-0.39, 0.29) is 24.6 Å². The number of carbonyl (C=O) groups excluding carboxylic acids is 2. The summed E-state index contributed by atoms with van der Waals surface area (Å²) >= 11 is 0. The van der Waals surface area contributed by atoms with Gasteiger partial charge in [-0.2, -0.15) is 0 Å². The van der Waals surface area contributed by atoms with Gasteiger partial charge in [-0.3, -0.25) is 9.59 Å². The molecule has 30 heavy (non-hydrogen) atoms. The Morgan fingerprint density at radius 1 is 0.800 bits per heavy atom. The summed E-state index contributed by atoms with van der Waals surface area (Å²) in [5.74, 6) is -2.28. The summed E-state index contributed by atoms with van der Waals surface area (Å²) in [6.45, 7) is 4.95. The maximum atomic E-state index is 13.9. The predicted molar refractivity (Wildman–Crippen MR) is 107 cm³/mol. The molecule has 0 N–H and O–H groups in total. The van der Waals surface area contributed by atoms with E-state index in [0.29, 0.717) is 30.2 Å². The van der Waals surface area contributed by atoms with E-state index >= 15 is 0 Å². The summed E-state index contributed by atoms with van der Waals surface area (Å²) in [4.78, 5) is 37.5. The van der Waals surface area contributed by atoms with E-state index in [1.54, 1.807) is 23.1 Å². The van der Waals surface area contributed by atoms with Crippen LogP contribution in [0.2, 0.25) is 0 Å². The van der Waals surface area contributed by atoms with Crippen LogP contribution in [0.1, 0.15) is 32.1 Å². The first-order valence-electron chi connectivity index (χ1n) is 9.62. The smallest absolute Gasteiger partial charge is 0.256 e. The number of hydrogen-bond acceptors (Lipinski definition) is 4. The Labute approximate surface area is 172 Å². The van der Waals surface area contributed by atoms with Crippen LogP contribution in [0.25, 0.3) is 11.0 Å². The molecule has 1 aromatic heterocycles. The molecule has 0 bridgehead atoms. The molecule has 0 spiro atoms. The average Bonchev–Trinajstić information content (AvgIpc) is 2.73. The van der Waals surface area contributed by atoms with E-state index in [1.165, 1.54) is 4.90 Å². The van der Waals surface area contributed by atoms with Crippen LogP contribution < -0.4 is 0 Å². The number of rotatable bonds is 2. The minimum atomic E-state index is -0.888. The topological polar surface area (TPSA) is 66.4 Å². The molecule has 1 fully saturated rings. The minimum Gasteiger partial charge on any atom is -0.335 e. The van der Waals surface area contributed by atoms with Crippen LogP contribution in [0.4, 0.5) is 8.78 Å². The predicted octanol–water partition coefficient (Wildman–Crippen LogP) is 3.12. The van der Waals surface area contributed by atoms with Gasteiger partial charge in [-0.15, -0.1) is 0 Å². The molecule has 0 atom stereocenters. The van der Waals surface area contributed by atoms with Crippen molar-refractivity contribution in [3.63, 3.8) is 0 Å². The number of aromatic nitrogens is 2. The van der Waals surface area contributed by atoms with E-state index in [1.807, 2.05) is 13.8 Å². The average molecular weight is 410 g/mol. The van der Waals surface area contributed by atoms with Crippen molar-refractivity contribution in [3.05, 3.63) is 70.5 Å². The molecule has 0 unspecified atom stereocenters. The van der Waals surface area contributed by atoms with Gasteiger partial charge in [0.1, 0.15) is 11.6 Å². The number of amides is 2. The van der Waals surface area contributed by atoms with Crippen molar-refractivity contribution in [3.8, 4) is 0 Å². The summed E-state index contributed by atoms with van der Waals surface area (Å²) < 4.78 is 27.0. The maximum absolute atomic E-state index is 13.9. The third kappa shape index (κ3) is 3.72. The third-order valence-corrected chi connectivity index (χ3v) is 5.34. The number of halogens is 2. The first kappa shape index (κ1) is 19.9. The number of aryl methyl sites for hydroxylation is 2. The van der Waals surface area contributed by atoms with Crippen LogP contribution in [0, 0.1) is 25.5 Å². The second kappa shape index (κ2) is 7.78. The van der Waals surface area contributed by atoms with Crippen LogP contribution in [0.5, 0.6) is 0 Å². The second-order valence-corrected chi connectivity index (χ2v) is 7.31. The molecule has 8 heteroatoms. The van der Waals surface area contributed by atoms with E-state index < -0.39 is 17.5 Å². The second-order valence-electron chi connectivity index (χ2n) is 7.31. The lowest BCUT2D eigenvalue weighted by Gasteiger charge is -2.35. The Morgan fingerprint density at radius 2 is 1.40 bits per heavy atom. The largest absolute Gasteiger partial charge is 0.335 e. The van der Waals surface area contributed by atoms with E-state index in [2.05, 4.69) is 9.97 Å². The molecule has 2 aromatic carbocycles. The Balaban J connectivity index is 1.46. The molecule has 0 aliphatic carbocycles. The lowest BCUT2D eigenvalue weighted by Crippen LogP contribution is -2.50. The molecule has 1 saturated heterocycles. The molecule has 0 saturated carbocycles. The Morgan fingerprint density at radius 3 is 2.03 bits per heavy atom. The highest BCUT2D eigenvalue weighted by Gasteiger charge is 2.27. The Kier molecular flexibility index (Phi) is 5.15. The number of nitrogens with zero attached hydrogens (tertiary/aromatic N) is 4. The normalized spacial score (nSPS) is 14.3. The molecule has 1 aliphatic heterocycles. The van der Waals surface area contributed by atoms with Crippen molar-refractivity contribution in [2.24, 2.45) is 0 Å². The first-order valence-corrected chi connectivity index (χ1v) is 9.62. The molecular weight excluding hydrogens is 390 g/mol. The number of carbonyl (C=O) groups is 2. The molecular formula is C22H20F2N4O2. The minimum absolute atomic E-state index is 0.156. The first-order chi connectivity index (χ1) is 14.3. The summed E-state index contributed by atoms with van der Waals surface area (Å²) in [5.41, 5.74) is 3.38. The molecule has 1 aliphatic rings. The monoisotopic (exact) mass is 410 g/mol. The number of piperazine rings is 1. The Hall–Kier alpha value is -3.42. The molecule has 2 heterocycles. The fraction of sp³-hybridized carbons (Fsp3) is 0.273. The molecule has 2 amide bonds. The standard InChI is InChI=1S/C22H20F2N4O2/c1-13-14(2)26-20-11-15(3-6-19(20)25-13)21(29)27-7-9-28(10-8-27)22(30)17-5-4-16(23)12-18(17)24/h3-6,11-12H,7-10H2,1-2H3. The lowest BCUT2D eigenvalue weighted by molar-refractivity contribution is 0.0533. The summed E-state index contributed by atoms with van der Waals surface area (Å²) in [6.07, 6.45) is 0. The quantitative estimate of drug-likeness (QED) is 0.651. The fourth-order valence-corrected chi connectivity index (χ4v) is 3.49. The van der Waals surface area contributed by atoms with Gasteiger partial charge in [-0.1, -0.05) is 0 Å². The highest BCUT2D eigenvalue weighted by molar-refractivity contribution is 5.98. The maximum Gasteiger partial charge on any atom is 0.256 e. The molecule has 4 rings (SSSR count). The number of benzene rings is 2. The van der Waals surface area contributed by atoms with Crippen molar-refractivity contribution in [1.82, 2.24) is 19.8 Å². The molecule has 6 nitrogen and oxygen atoms in total. The van der Waals surface area contributed by atoms with Crippen LogP contribution in [-0.4, -0.2) is 57.8 Å². The van der Waals surface area contributed by atoms with Gasteiger partial charge in [0.05, 0.1) is 28.0 Å². The summed E-state index contributed by atoms with van der Waals surface area (Å²) in [5, 5.41) is 0. The lowest BCUT2D eigenvalue weighted by atomic mass is 10.1. The van der Waals surface area contributed by atoms with Gasteiger partial charge in [0.15, 0.2) is 0 Å². The van der Waals surface area contributed by atoms with Crippen molar-refractivity contribution < 1.29 is 18.4 Å². The zero-order valence-corrected chi connectivity index (χ0v) is 16.7. The van der Waals surface area contributed by atoms with Crippen LogP contribution >= 0.6 is 0 Å². The van der Waals surface area contributed by atoms with Crippen molar-refractivity contribution in [2.75, 3.05) is 26.2 Å². The zero-order valence-electron chi connectivity index (χ0n) is 16.7. The molecule has 0 radical (unpaired) electrons.